The summed E-state index contributed by atoms with van der Waals surface area (Å²) < 4.78 is 13.8. The molecule has 0 heterocycles. The summed E-state index contributed by atoms with van der Waals surface area (Å²) in [6.45, 7) is 3.43. The number of benzene rings is 1. The van der Waals surface area contributed by atoms with Crippen molar-refractivity contribution in [3.8, 4) is 0 Å². The molecular formula is C16H20FNO3. The standard InChI is InChI=1S/C16H20FNO3/c1-10(16(20)21)9-18(12-7-8-12)15(19)11(2)13-5-3-4-6-14(13)17/h3-6,10-12H,7-9H2,1-2H3,(H,20,21)/t10-,11-/m1/s1. The maximum Gasteiger partial charge on any atom is 0.308 e. The molecule has 21 heavy (non-hydrogen) atoms. The van der Waals surface area contributed by atoms with Crippen molar-refractivity contribution in [2.45, 2.75) is 38.6 Å². The fourth-order valence-electron chi connectivity index (χ4n) is 2.39. The normalized spacial score (nSPS) is 17.1. The van der Waals surface area contributed by atoms with Crippen LogP contribution in [0, 0.1) is 11.7 Å². The molecule has 1 saturated carbocycles. The van der Waals surface area contributed by atoms with Crippen molar-refractivity contribution in [3.63, 3.8) is 0 Å². The summed E-state index contributed by atoms with van der Waals surface area (Å²) in [7, 11) is 0. The molecule has 1 aromatic carbocycles. The first-order chi connectivity index (χ1) is 9.91. The Bertz CT molecular complexity index is 542. The monoisotopic (exact) mass is 293 g/mol. The van der Waals surface area contributed by atoms with E-state index in [4.69, 9.17) is 5.11 Å². The van der Waals surface area contributed by atoms with E-state index in [0.717, 1.165) is 12.8 Å². The number of nitrogens with zero attached hydrogens (tertiary/aromatic N) is 1. The summed E-state index contributed by atoms with van der Waals surface area (Å²) in [6, 6.07) is 6.32. The van der Waals surface area contributed by atoms with Crippen LogP contribution in [0.2, 0.25) is 0 Å². The highest BCUT2D eigenvalue weighted by Crippen LogP contribution is 2.31. The van der Waals surface area contributed by atoms with E-state index in [1.54, 1.807) is 36.9 Å². The number of hydrogen-bond donors (Lipinski definition) is 1. The van der Waals surface area contributed by atoms with Gasteiger partial charge in [0.2, 0.25) is 5.91 Å². The lowest BCUT2D eigenvalue weighted by molar-refractivity contribution is -0.143. The van der Waals surface area contributed by atoms with E-state index >= 15 is 0 Å². The van der Waals surface area contributed by atoms with Crippen LogP contribution in [0.3, 0.4) is 0 Å². The van der Waals surface area contributed by atoms with Crippen LogP contribution < -0.4 is 0 Å². The minimum atomic E-state index is -0.924. The molecule has 4 nitrogen and oxygen atoms in total. The van der Waals surface area contributed by atoms with Crippen molar-refractivity contribution >= 4 is 11.9 Å². The summed E-state index contributed by atoms with van der Waals surface area (Å²) in [5, 5.41) is 9.02. The Morgan fingerprint density at radius 1 is 1.33 bits per heavy atom. The predicted molar refractivity (Wildman–Crippen MR) is 76.3 cm³/mol. The third-order valence-electron chi connectivity index (χ3n) is 3.91. The van der Waals surface area contributed by atoms with Gasteiger partial charge < -0.3 is 10.0 Å². The lowest BCUT2D eigenvalue weighted by atomic mass is 9.98. The minimum Gasteiger partial charge on any atom is -0.481 e. The molecular weight excluding hydrogens is 273 g/mol. The number of carboxylic acid groups (broad SMARTS) is 1. The van der Waals surface area contributed by atoms with Crippen LogP contribution in [-0.4, -0.2) is 34.5 Å². The fraction of sp³-hybridized carbons (Fsp3) is 0.500. The molecule has 0 aromatic heterocycles. The molecule has 1 fully saturated rings. The highest BCUT2D eigenvalue weighted by atomic mass is 19.1. The molecule has 5 heteroatoms. The number of halogens is 1. The second-order valence-electron chi connectivity index (χ2n) is 5.70. The average Bonchev–Trinajstić information content (AvgIpc) is 3.28. The zero-order chi connectivity index (χ0) is 15.6. The third kappa shape index (κ3) is 3.60. The summed E-state index contributed by atoms with van der Waals surface area (Å²) in [5.74, 6) is -2.75. The minimum absolute atomic E-state index is 0.105. The van der Waals surface area contributed by atoms with Crippen LogP contribution in [0.25, 0.3) is 0 Å². The second-order valence-corrected chi connectivity index (χ2v) is 5.70. The first-order valence-corrected chi connectivity index (χ1v) is 7.19. The topological polar surface area (TPSA) is 57.6 Å². The van der Waals surface area contributed by atoms with E-state index in [0.29, 0.717) is 5.56 Å². The van der Waals surface area contributed by atoms with Crippen LogP contribution in [0.5, 0.6) is 0 Å². The number of carbonyl (C=O) groups is 2. The Labute approximate surface area is 123 Å². The van der Waals surface area contributed by atoms with E-state index in [9.17, 15) is 14.0 Å². The number of rotatable bonds is 6. The molecule has 1 aliphatic carbocycles. The number of aliphatic carboxylic acids is 1. The second kappa shape index (κ2) is 6.24. The van der Waals surface area contributed by atoms with Gasteiger partial charge in [0.05, 0.1) is 11.8 Å². The Balaban J connectivity index is 2.15. The van der Waals surface area contributed by atoms with Gasteiger partial charge in [-0.05, 0) is 31.4 Å². The molecule has 114 valence electrons. The summed E-state index contributed by atoms with van der Waals surface area (Å²) in [4.78, 5) is 25.2. The maximum absolute atomic E-state index is 13.8. The van der Waals surface area contributed by atoms with Crippen molar-refractivity contribution in [2.24, 2.45) is 5.92 Å². The number of carboxylic acids is 1. The number of amides is 1. The van der Waals surface area contributed by atoms with Gasteiger partial charge in [-0.2, -0.15) is 0 Å². The van der Waals surface area contributed by atoms with Crippen molar-refractivity contribution in [2.75, 3.05) is 6.54 Å². The molecule has 0 saturated heterocycles. The smallest absolute Gasteiger partial charge is 0.308 e. The van der Waals surface area contributed by atoms with Gasteiger partial charge in [0.25, 0.3) is 0 Å². The van der Waals surface area contributed by atoms with Crippen LogP contribution in [0.4, 0.5) is 4.39 Å². The van der Waals surface area contributed by atoms with Crippen LogP contribution in [0.15, 0.2) is 24.3 Å². The molecule has 2 rings (SSSR count). The average molecular weight is 293 g/mol. The number of carbonyl (C=O) groups excluding carboxylic acids is 1. The van der Waals surface area contributed by atoms with E-state index in [1.807, 2.05) is 0 Å². The van der Waals surface area contributed by atoms with Gasteiger partial charge >= 0.3 is 5.97 Å². The first kappa shape index (κ1) is 15.5. The molecule has 0 aliphatic heterocycles. The van der Waals surface area contributed by atoms with Crippen molar-refractivity contribution < 1.29 is 19.1 Å². The molecule has 0 radical (unpaired) electrons. The zero-order valence-corrected chi connectivity index (χ0v) is 12.3. The Hall–Kier alpha value is -1.91. The van der Waals surface area contributed by atoms with Crippen molar-refractivity contribution in [3.05, 3.63) is 35.6 Å². The van der Waals surface area contributed by atoms with Gasteiger partial charge in [-0.25, -0.2) is 4.39 Å². The van der Waals surface area contributed by atoms with Crippen LogP contribution in [0.1, 0.15) is 38.2 Å². The predicted octanol–water partition coefficient (Wildman–Crippen LogP) is 2.64. The highest BCUT2D eigenvalue weighted by molar-refractivity contribution is 5.84. The number of hydrogen-bond acceptors (Lipinski definition) is 2. The Kier molecular flexibility index (Phi) is 4.60. The van der Waals surface area contributed by atoms with Gasteiger partial charge in [0, 0.05) is 12.6 Å². The largest absolute Gasteiger partial charge is 0.481 e. The lowest BCUT2D eigenvalue weighted by Crippen LogP contribution is -2.40. The summed E-state index contributed by atoms with van der Waals surface area (Å²) >= 11 is 0. The lowest BCUT2D eigenvalue weighted by Gasteiger charge is -2.27. The van der Waals surface area contributed by atoms with Gasteiger partial charge in [-0.3, -0.25) is 9.59 Å². The van der Waals surface area contributed by atoms with Gasteiger partial charge in [-0.1, -0.05) is 25.1 Å². The fourth-order valence-corrected chi connectivity index (χ4v) is 2.39. The highest BCUT2D eigenvalue weighted by Gasteiger charge is 2.36. The van der Waals surface area contributed by atoms with E-state index in [2.05, 4.69) is 0 Å². The molecule has 0 spiro atoms. The molecule has 0 unspecified atom stereocenters. The zero-order valence-electron chi connectivity index (χ0n) is 12.3. The maximum atomic E-state index is 13.8. The SMILES string of the molecule is C[C@H](CN(C(=O)[C@H](C)c1ccccc1F)C1CC1)C(=O)O. The molecule has 1 amide bonds. The van der Waals surface area contributed by atoms with Crippen molar-refractivity contribution in [1.29, 1.82) is 0 Å². The Morgan fingerprint density at radius 2 is 1.95 bits per heavy atom. The van der Waals surface area contributed by atoms with E-state index in [1.165, 1.54) is 6.07 Å². The van der Waals surface area contributed by atoms with Gasteiger partial charge in [0.1, 0.15) is 5.82 Å². The molecule has 1 N–H and O–H groups in total. The summed E-state index contributed by atoms with van der Waals surface area (Å²) in [5.41, 5.74) is 0.358. The molecule has 0 bridgehead atoms. The quantitative estimate of drug-likeness (QED) is 0.877. The molecule has 1 aliphatic rings. The molecule has 2 atom stereocenters. The van der Waals surface area contributed by atoms with E-state index < -0.39 is 23.6 Å². The van der Waals surface area contributed by atoms with Gasteiger partial charge in [-0.15, -0.1) is 0 Å². The third-order valence-corrected chi connectivity index (χ3v) is 3.91. The van der Waals surface area contributed by atoms with Crippen molar-refractivity contribution in [1.82, 2.24) is 4.90 Å². The Morgan fingerprint density at radius 3 is 2.48 bits per heavy atom. The molecule has 1 aromatic rings. The summed E-state index contributed by atoms with van der Waals surface area (Å²) in [6.07, 6.45) is 1.78. The first-order valence-electron chi connectivity index (χ1n) is 7.19. The van der Waals surface area contributed by atoms with Crippen LogP contribution in [-0.2, 0) is 9.59 Å². The van der Waals surface area contributed by atoms with Gasteiger partial charge in [0.15, 0.2) is 0 Å². The van der Waals surface area contributed by atoms with E-state index in [-0.39, 0.29) is 18.5 Å². The van der Waals surface area contributed by atoms with Crippen LogP contribution >= 0.6 is 0 Å².